The summed E-state index contributed by atoms with van der Waals surface area (Å²) in [6.07, 6.45) is 6.47. The van der Waals surface area contributed by atoms with Crippen molar-refractivity contribution in [1.82, 2.24) is 5.43 Å². The van der Waals surface area contributed by atoms with Crippen LogP contribution in [0.4, 0.5) is 4.39 Å². The van der Waals surface area contributed by atoms with Crippen LogP contribution in [0.25, 0.3) is 0 Å². The van der Waals surface area contributed by atoms with E-state index in [1.807, 2.05) is 13.0 Å². The van der Waals surface area contributed by atoms with Crippen LogP contribution < -0.4 is 11.3 Å². The van der Waals surface area contributed by atoms with Crippen molar-refractivity contribution in [1.29, 1.82) is 0 Å². The molecule has 20 heavy (non-hydrogen) atoms. The van der Waals surface area contributed by atoms with Crippen molar-refractivity contribution in [2.24, 2.45) is 5.84 Å². The maximum absolute atomic E-state index is 14.1. The van der Waals surface area contributed by atoms with Gasteiger partial charge in [-0.3, -0.25) is 5.84 Å². The summed E-state index contributed by atoms with van der Waals surface area (Å²) < 4.78 is 20.2. The zero-order chi connectivity index (χ0) is 14.4. The molecule has 1 saturated carbocycles. The maximum Gasteiger partial charge on any atom is 0.128 e. The number of rotatable bonds is 5. The third-order valence-electron chi connectivity index (χ3n) is 4.29. The van der Waals surface area contributed by atoms with Crippen LogP contribution in [-0.4, -0.2) is 12.2 Å². The topological polar surface area (TPSA) is 47.3 Å². The van der Waals surface area contributed by atoms with Crippen LogP contribution >= 0.6 is 0 Å². The quantitative estimate of drug-likeness (QED) is 0.493. The summed E-state index contributed by atoms with van der Waals surface area (Å²) >= 11 is 0. The summed E-state index contributed by atoms with van der Waals surface area (Å²) in [6, 6.07) is 6.52. The number of nitrogens with one attached hydrogen (secondary N) is 1. The van der Waals surface area contributed by atoms with E-state index in [0.29, 0.717) is 12.2 Å². The van der Waals surface area contributed by atoms with E-state index in [9.17, 15) is 4.39 Å². The number of hydrogen-bond donors (Lipinski definition) is 2. The van der Waals surface area contributed by atoms with Crippen molar-refractivity contribution in [3.8, 4) is 0 Å². The Bertz CT molecular complexity index is 417. The zero-order valence-corrected chi connectivity index (χ0v) is 12.2. The SMILES string of the molecule is CCOC1(C(NN)c2ccccc2F)CCCCCC1. The molecule has 3 N–H and O–H groups in total. The van der Waals surface area contributed by atoms with Crippen LogP contribution in [0, 0.1) is 5.82 Å². The summed E-state index contributed by atoms with van der Waals surface area (Å²) in [6.45, 7) is 2.61. The van der Waals surface area contributed by atoms with Gasteiger partial charge in [0, 0.05) is 12.2 Å². The molecular weight excluding hydrogens is 255 g/mol. The predicted octanol–water partition coefficient (Wildman–Crippen LogP) is 3.46. The van der Waals surface area contributed by atoms with Gasteiger partial charge in [-0.2, -0.15) is 0 Å². The fourth-order valence-electron chi connectivity index (χ4n) is 3.37. The Hall–Kier alpha value is -0.970. The van der Waals surface area contributed by atoms with Gasteiger partial charge in [0.05, 0.1) is 11.6 Å². The highest BCUT2D eigenvalue weighted by Crippen LogP contribution is 2.40. The molecule has 1 fully saturated rings. The van der Waals surface area contributed by atoms with Gasteiger partial charge >= 0.3 is 0 Å². The fraction of sp³-hybridized carbons (Fsp3) is 0.625. The molecule has 0 radical (unpaired) electrons. The number of hydrazine groups is 1. The van der Waals surface area contributed by atoms with Gasteiger partial charge in [0.1, 0.15) is 5.82 Å². The third kappa shape index (κ3) is 3.19. The first-order chi connectivity index (χ1) is 9.73. The van der Waals surface area contributed by atoms with Crippen LogP contribution in [0.5, 0.6) is 0 Å². The van der Waals surface area contributed by atoms with E-state index in [4.69, 9.17) is 10.6 Å². The van der Waals surface area contributed by atoms with Crippen LogP contribution in [0.1, 0.15) is 57.1 Å². The molecule has 1 aliphatic carbocycles. The van der Waals surface area contributed by atoms with Gasteiger partial charge in [-0.1, -0.05) is 43.9 Å². The average molecular weight is 280 g/mol. The second-order valence-electron chi connectivity index (χ2n) is 5.53. The minimum atomic E-state index is -0.401. The maximum atomic E-state index is 14.1. The first-order valence-corrected chi connectivity index (χ1v) is 7.58. The van der Waals surface area contributed by atoms with Crippen molar-refractivity contribution >= 4 is 0 Å². The van der Waals surface area contributed by atoms with Gasteiger partial charge in [0.25, 0.3) is 0 Å². The molecular formula is C16H25FN2O. The zero-order valence-electron chi connectivity index (χ0n) is 12.2. The Morgan fingerprint density at radius 3 is 2.45 bits per heavy atom. The van der Waals surface area contributed by atoms with E-state index < -0.39 is 5.60 Å². The molecule has 0 amide bonds. The lowest BCUT2D eigenvalue weighted by Crippen LogP contribution is -2.48. The highest BCUT2D eigenvalue weighted by molar-refractivity contribution is 5.24. The Kier molecular flexibility index (Phi) is 5.52. The molecule has 0 spiro atoms. The summed E-state index contributed by atoms with van der Waals surface area (Å²) in [5.41, 5.74) is 3.02. The Labute approximate surface area is 120 Å². The second-order valence-corrected chi connectivity index (χ2v) is 5.53. The Balaban J connectivity index is 2.36. The number of nitrogens with two attached hydrogens (primary N) is 1. The van der Waals surface area contributed by atoms with Gasteiger partial charge in [-0.05, 0) is 25.8 Å². The first kappa shape index (κ1) is 15.4. The third-order valence-corrected chi connectivity index (χ3v) is 4.29. The second kappa shape index (κ2) is 7.16. The van der Waals surface area contributed by atoms with Crippen LogP contribution in [0.15, 0.2) is 24.3 Å². The lowest BCUT2D eigenvalue weighted by atomic mass is 9.82. The Morgan fingerprint density at radius 1 is 1.25 bits per heavy atom. The number of benzene rings is 1. The predicted molar refractivity (Wildman–Crippen MR) is 78.5 cm³/mol. The van der Waals surface area contributed by atoms with Gasteiger partial charge in [0.2, 0.25) is 0 Å². The van der Waals surface area contributed by atoms with E-state index >= 15 is 0 Å². The lowest BCUT2D eigenvalue weighted by molar-refractivity contribution is -0.0789. The van der Waals surface area contributed by atoms with Gasteiger partial charge in [-0.15, -0.1) is 0 Å². The molecule has 0 heterocycles. The molecule has 1 unspecified atom stereocenters. The van der Waals surface area contributed by atoms with Gasteiger partial charge in [-0.25, -0.2) is 9.82 Å². The monoisotopic (exact) mass is 280 g/mol. The molecule has 0 aliphatic heterocycles. The normalized spacial score (nSPS) is 20.4. The van der Waals surface area contributed by atoms with E-state index in [2.05, 4.69) is 5.43 Å². The van der Waals surface area contributed by atoms with Gasteiger partial charge < -0.3 is 4.74 Å². The Morgan fingerprint density at radius 2 is 1.90 bits per heavy atom. The summed E-state index contributed by atoms with van der Waals surface area (Å²) in [4.78, 5) is 0. The van der Waals surface area contributed by atoms with Crippen molar-refractivity contribution in [2.45, 2.75) is 57.1 Å². The molecule has 3 nitrogen and oxygen atoms in total. The number of hydrogen-bond acceptors (Lipinski definition) is 3. The van der Waals surface area contributed by atoms with Crippen LogP contribution in [0.3, 0.4) is 0 Å². The summed E-state index contributed by atoms with van der Waals surface area (Å²) in [5, 5.41) is 0. The van der Waals surface area contributed by atoms with Gasteiger partial charge in [0.15, 0.2) is 0 Å². The highest BCUT2D eigenvalue weighted by atomic mass is 19.1. The van der Waals surface area contributed by atoms with Crippen molar-refractivity contribution < 1.29 is 9.13 Å². The van der Waals surface area contributed by atoms with Crippen molar-refractivity contribution in [3.63, 3.8) is 0 Å². The molecule has 1 aliphatic rings. The number of halogens is 1. The molecule has 1 aromatic carbocycles. The van der Waals surface area contributed by atoms with E-state index in [0.717, 1.165) is 25.7 Å². The van der Waals surface area contributed by atoms with Crippen LogP contribution in [-0.2, 0) is 4.74 Å². The minimum Gasteiger partial charge on any atom is -0.373 e. The molecule has 0 saturated heterocycles. The standard InChI is InChI=1S/C16H25FN2O/c1-2-20-16(11-7-3-4-8-12-16)15(19-18)13-9-5-6-10-14(13)17/h5-6,9-10,15,19H,2-4,7-8,11-12,18H2,1H3. The average Bonchev–Trinajstić information content (AvgIpc) is 2.69. The largest absolute Gasteiger partial charge is 0.373 e. The minimum absolute atomic E-state index is 0.223. The summed E-state index contributed by atoms with van der Waals surface area (Å²) in [5.74, 6) is 5.55. The van der Waals surface area contributed by atoms with E-state index in [-0.39, 0.29) is 11.9 Å². The number of ether oxygens (including phenoxy) is 1. The molecule has 1 atom stereocenters. The van der Waals surface area contributed by atoms with E-state index in [1.165, 1.54) is 18.9 Å². The molecule has 2 rings (SSSR count). The lowest BCUT2D eigenvalue weighted by Gasteiger charge is -2.40. The summed E-state index contributed by atoms with van der Waals surface area (Å²) in [7, 11) is 0. The van der Waals surface area contributed by atoms with Crippen molar-refractivity contribution in [2.75, 3.05) is 6.61 Å². The van der Waals surface area contributed by atoms with Crippen LogP contribution in [0.2, 0.25) is 0 Å². The van der Waals surface area contributed by atoms with Crippen molar-refractivity contribution in [3.05, 3.63) is 35.6 Å². The highest BCUT2D eigenvalue weighted by Gasteiger charge is 2.41. The smallest absolute Gasteiger partial charge is 0.128 e. The fourth-order valence-corrected chi connectivity index (χ4v) is 3.37. The molecule has 1 aromatic rings. The molecule has 112 valence electrons. The first-order valence-electron chi connectivity index (χ1n) is 7.58. The molecule has 0 aromatic heterocycles. The molecule has 4 heteroatoms. The van der Waals surface area contributed by atoms with E-state index in [1.54, 1.807) is 12.1 Å². The molecule has 0 bridgehead atoms.